The Labute approximate surface area is 162 Å². The zero-order valence-corrected chi connectivity index (χ0v) is 17.7. The Morgan fingerprint density at radius 2 is 1.04 bits per heavy atom. The minimum atomic E-state index is 0.495. The molecule has 0 aromatic carbocycles. The third-order valence-corrected chi connectivity index (χ3v) is 9.17. The molecular formula is C21H36O2S2. The first-order chi connectivity index (χ1) is 12.1. The van der Waals surface area contributed by atoms with Crippen LogP contribution in [0.5, 0.6) is 0 Å². The molecule has 2 heterocycles. The van der Waals surface area contributed by atoms with E-state index >= 15 is 0 Å². The minimum Gasteiger partial charge on any atom is -0.377 e. The Morgan fingerprint density at radius 1 is 0.680 bits per heavy atom. The number of hydrogen-bond donors (Lipinski definition) is 0. The second-order valence-electron chi connectivity index (χ2n) is 9.35. The van der Waals surface area contributed by atoms with E-state index in [4.69, 9.17) is 9.47 Å². The van der Waals surface area contributed by atoms with Gasteiger partial charge in [-0.1, -0.05) is 13.8 Å². The van der Waals surface area contributed by atoms with E-state index in [0.29, 0.717) is 17.6 Å². The molecule has 144 valence electrons. The zero-order chi connectivity index (χ0) is 17.3. The Balaban J connectivity index is 1.18. The Kier molecular flexibility index (Phi) is 6.31. The molecule has 4 fully saturated rings. The molecule has 2 unspecified atom stereocenters. The van der Waals surface area contributed by atoms with Crippen molar-refractivity contribution in [2.24, 2.45) is 17.3 Å². The second-order valence-corrected chi connectivity index (χ2v) is 12.0. The van der Waals surface area contributed by atoms with E-state index in [1.807, 2.05) is 0 Å². The highest BCUT2D eigenvalue weighted by Crippen LogP contribution is 2.49. The van der Waals surface area contributed by atoms with Gasteiger partial charge in [0.25, 0.3) is 0 Å². The Hall–Kier alpha value is 0.620. The molecule has 2 aliphatic carbocycles. The van der Waals surface area contributed by atoms with Crippen molar-refractivity contribution in [2.45, 2.75) is 87.9 Å². The third-order valence-electron chi connectivity index (χ3n) is 7.29. The summed E-state index contributed by atoms with van der Waals surface area (Å²) in [4.78, 5) is 0. The maximum Gasteiger partial charge on any atom is 0.0596 e. The third kappa shape index (κ3) is 5.33. The molecule has 4 rings (SSSR count). The quantitative estimate of drug-likeness (QED) is 0.522. The normalized spacial score (nSPS) is 41.5. The van der Waals surface area contributed by atoms with Crippen molar-refractivity contribution >= 4 is 23.5 Å². The fourth-order valence-corrected chi connectivity index (χ4v) is 5.91. The van der Waals surface area contributed by atoms with Crippen LogP contribution in [0.15, 0.2) is 0 Å². The van der Waals surface area contributed by atoms with E-state index < -0.39 is 0 Å². The molecule has 0 amide bonds. The predicted molar refractivity (Wildman–Crippen MR) is 110 cm³/mol. The Bertz CT molecular complexity index is 380. The molecule has 4 heteroatoms. The van der Waals surface area contributed by atoms with Crippen LogP contribution < -0.4 is 0 Å². The van der Waals surface area contributed by atoms with Crippen LogP contribution in [-0.2, 0) is 9.47 Å². The zero-order valence-electron chi connectivity index (χ0n) is 16.1. The van der Waals surface area contributed by atoms with Crippen molar-refractivity contribution in [2.75, 3.05) is 24.7 Å². The summed E-state index contributed by atoms with van der Waals surface area (Å²) in [5.41, 5.74) is 0.495. The summed E-state index contributed by atoms with van der Waals surface area (Å²) < 4.78 is 12.3. The number of thioether (sulfide) groups is 2. The molecule has 2 atom stereocenters. The van der Waals surface area contributed by atoms with Gasteiger partial charge in [0.15, 0.2) is 0 Å². The summed E-state index contributed by atoms with van der Waals surface area (Å²) in [5, 5.41) is 1.65. The summed E-state index contributed by atoms with van der Waals surface area (Å²) in [6.07, 6.45) is 11.8. The Morgan fingerprint density at radius 3 is 1.36 bits per heavy atom. The molecule has 4 aliphatic rings. The average molecular weight is 385 g/mol. The van der Waals surface area contributed by atoms with Crippen LogP contribution in [0.2, 0.25) is 0 Å². The second kappa shape index (κ2) is 8.32. The van der Waals surface area contributed by atoms with Crippen molar-refractivity contribution in [1.82, 2.24) is 0 Å². The van der Waals surface area contributed by atoms with Crippen molar-refractivity contribution in [3.05, 3.63) is 0 Å². The maximum absolute atomic E-state index is 6.14. The van der Waals surface area contributed by atoms with Crippen LogP contribution in [0.1, 0.15) is 65.2 Å². The van der Waals surface area contributed by atoms with Crippen LogP contribution in [0, 0.1) is 17.3 Å². The van der Waals surface area contributed by atoms with Gasteiger partial charge < -0.3 is 9.47 Å². The molecule has 0 radical (unpaired) electrons. The van der Waals surface area contributed by atoms with E-state index in [0.717, 1.165) is 35.5 Å². The van der Waals surface area contributed by atoms with E-state index in [1.54, 1.807) is 0 Å². The van der Waals surface area contributed by atoms with E-state index in [-0.39, 0.29) is 0 Å². The highest BCUT2D eigenvalue weighted by Gasteiger charge is 2.41. The van der Waals surface area contributed by atoms with Gasteiger partial charge in [0.05, 0.1) is 25.4 Å². The lowest BCUT2D eigenvalue weighted by molar-refractivity contribution is -0.0328. The molecule has 2 nitrogen and oxygen atoms in total. The topological polar surface area (TPSA) is 18.5 Å². The molecular weight excluding hydrogens is 348 g/mol. The van der Waals surface area contributed by atoms with E-state index in [2.05, 4.69) is 37.4 Å². The summed E-state index contributed by atoms with van der Waals surface area (Å²) in [6.45, 7) is 7.14. The summed E-state index contributed by atoms with van der Waals surface area (Å²) in [6, 6.07) is 0. The molecule has 2 aliphatic heterocycles. The minimum absolute atomic E-state index is 0.495. The van der Waals surface area contributed by atoms with Gasteiger partial charge in [-0.05, 0) is 68.6 Å². The largest absolute Gasteiger partial charge is 0.377 e. The standard InChI is InChI=1S/C21H36O2S2/c1-21(2,15-3-7-17(8-4-15)22-11-19-13-24-19)16-5-9-18(10-6-16)23-12-20-14-25-20/h15-20H,3-14H2,1-2H3. The van der Waals surface area contributed by atoms with Crippen molar-refractivity contribution in [1.29, 1.82) is 0 Å². The number of ether oxygens (including phenoxy) is 2. The molecule has 0 aromatic heterocycles. The maximum atomic E-state index is 6.14. The lowest BCUT2D eigenvalue weighted by atomic mass is 9.60. The highest BCUT2D eigenvalue weighted by molar-refractivity contribution is 8.07. The molecule has 2 saturated carbocycles. The van der Waals surface area contributed by atoms with E-state index in [9.17, 15) is 0 Å². The van der Waals surface area contributed by atoms with Crippen molar-refractivity contribution in [3.63, 3.8) is 0 Å². The highest BCUT2D eigenvalue weighted by atomic mass is 32.2. The number of hydrogen-bond acceptors (Lipinski definition) is 4. The molecule has 0 aromatic rings. The fourth-order valence-electron chi connectivity index (χ4n) is 5.10. The van der Waals surface area contributed by atoms with Gasteiger partial charge in [0.1, 0.15) is 0 Å². The predicted octanol–water partition coefficient (Wildman–Crippen LogP) is 5.39. The van der Waals surface area contributed by atoms with Gasteiger partial charge in [-0.2, -0.15) is 23.5 Å². The lowest BCUT2D eigenvalue weighted by Gasteiger charge is -2.46. The first-order valence-electron chi connectivity index (χ1n) is 10.6. The summed E-state index contributed by atoms with van der Waals surface area (Å²) >= 11 is 4.11. The van der Waals surface area contributed by atoms with Crippen LogP contribution in [0.3, 0.4) is 0 Å². The average Bonchev–Trinajstić information content (AvgIpc) is 3.54. The molecule has 0 N–H and O–H groups in total. The van der Waals surface area contributed by atoms with Crippen molar-refractivity contribution in [3.8, 4) is 0 Å². The monoisotopic (exact) mass is 384 g/mol. The van der Waals surface area contributed by atoms with Crippen LogP contribution in [0.25, 0.3) is 0 Å². The molecule has 0 spiro atoms. The van der Waals surface area contributed by atoms with Crippen LogP contribution in [0.4, 0.5) is 0 Å². The van der Waals surface area contributed by atoms with Gasteiger partial charge in [-0.15, -0.1) is 0 Å². The summed E-state index contributed by atoms with van der Waals surface area (Å²) in [7, 11) is 0. The molecule has 0 bridgehead atoms. The van der Waals surface area contributed by atoms with E-state index in [1.165, 1.54) is 62.9 Å². The van der Waals surface area contributed by atoms with Crippen LogP contribution >= 0.6 is 23.5 Å². The first kappa shape index (κ1) is 19.0. The van der Waals surface area contributed by atoms with Crippen molar-refractivity contribution < 1.29 is 9.47 Å². The fraction of sp³-hybridized carbons (Fsp3) is 1.00. The summed E-state index contributed by atoms with van der Waals surface area (Å²) in [5.74, 6) is 4.45. The smallest absolute Gasteiger partial charge is 0.0596 e. The SMILES string of the molecule is CC(C)(C1CCC(OCC2CS2)CC1)C1CCC(OCC2CS2)CC1. The lowest BCUT2D eigenvalue weighted by Crippen LogP contribution is -2.39. The number of rotatable bonds is 8. The van der Waals surface area contributed by atoms with Gasteiger partial charge in [-0.3, -0.25) is 0 Å². The first-order valence-corrected chi connectivity index (χ1v) is 12.7. The van der Waals surface area contributed by atoms with Gasteiger partial charge in [0, 0.05) is 22.0 Å². The molecule has 2 saturated heterocycles. The van der Waals surface area contributed by atoms with Crippen LogP contribution in [-0.4, -0.2) is 47.4 Å². The molecule has 25 heavy (non-hydrogen) atoms. The van der Waals surface area contributed by atoms with Gasteiger partial charge in [0.2, 0.25) is 0 Å². The van der Waals surface area contributed by atoms with Gasteiger partial charge >= 0.3 is 0 Å². The van der Waals surface area contributed by atoms with Gasteiger partial charge in [-0.25, -0.2) is 0 Å².